The van der Waals surface area contributed by atoms with Gasteiger partial charge in [0.05, 0.1) is 6.54 Å². The maximum atomic E-state index is 13.3. The van der Waals surface area contributed by atoms with Crippen molar-refractivity contribution < 1.29 is 18.3 Å². The van der Waals surface area contributed by atoms with Gasteiger partial charge in [0, 0.05) is 39.1 Å². The lowest BCUT2D eigenvalue weighted by atomic mass is 10.2. The molecule has 1 heterocycles. The molecule has 1 unspecified atom stereocenters. The van der Waals surface area contributed by atoms with Crippen LogP contribution in [0, 0.1) is 11.6 Å². The van der Waals surface area contributed by atoms with Crippen molar-refractivity contribution in [1.29, 1.82) is 0 Å². The zero-order valence-electron chi connectivity index (χ0n) is 16.5. The molecule has 0 aliphatic carbocycles. The fourth-order valence-corrected chi connectivity index (χ4v) is 4.68. The molecule has 1 fully saturated rings. The van der Waals surface area contributed by atoms with E-state index in [-0.39, 0.29) is 29.5 Å². The Morgan fingerprint density at radius 1 is 1.14 bits per heavy atom. The van der Waals surface area contributed by atoms with Crippen LogP contribution in [0.4, 0.5) is 8.78 Å². The van der Waals surface area contributed by atoms with E-state index >= 15 is 0 Å². The zero-order chi connectivity index (χ0) is 20.6. The Hall–Kier alpha value is -1.96. The summed E-state index contributed by atoms with van der Waals surface area (Å²) in [5.74, 6) is 0.351. The highest BCUT2D eigenvalue weighted by atomic mass is 32.2. The molecule has 0 spiro atoms. The SMILES string of the molecule is COCCCN(CC(=O)N1CCSC1c1ccc(F)cc1)Cc1ccc(F)cc1. The smallest absolute Gasteiger partial charge is 0.237 e. The van der Waals surface area contributed by atoms with Crippen LogP contribution < -0.4 is 0 Å². The minimum Gasteiger partial charge on any atom is -0.385 e. The van der Waals surface area contributed by atoms with Crippen LogP contribution in [0.1, 0.15) is 22.9 Å². The molecule has 2 aromatic carbocycles. The monoisotopic (exact) mass is 420 g/mol. The summed E-state index contributed by atoms with van der Waals surface area (Å²) in [6.45, 7) is 2.84. The van der Waals surface area contributed by atoms with Crippen molar-refractivity contribution in [1.82, 2.24) is 9.80 Å². The van der Waals surface area contributed by atoms with Gasteiger partial charge in [-0.25, -0.2) is 8.78 Å². The Balaban J connectivity index is 1.67. The molecule has 4 nitrogen and oxygen atoms in total. The van der Waals surface area contributed by atoms with Crippen LogP contribution in [0.3, 0.4) is 0 Å². The van der Waals surface area contributed by atoms with Crippen molar-refractivity contribution in [2.75, 3.05) is 39.1 Å². The third-order valence-corrected chi connectivity index (χ3v) is 6.13. The second-order valence-corrected chi connectivity index (χ2v) is 8.23. The number of ether oxygens (including phenoxy) is 1. The molecular formula is C22H26F2N2O2S. The average Bonchev–Trinajstić information content (AvgIpc) is 3.20. The molecule has 0 aromatic heterocycles. The van der Waals surface area contributed by atoms with Gasteiger partial charge in [0.15, 0.2) is 0 Å². The summed E-state index contributed by atoms with van der Waals surface area (Å²) in [6.07, 6.45) is 0.807. The summed E-state index contributed by atoms with van der Waals surface area (Å²) >= 11 is 1.69. The number of carbonyl (C=O) groups is 1. The maximum Gasteiger partial charge on any atom is 0.237 e. The topological polar surface area (TPSA) is 32.8 Å². The fourth-order valence-electron chi connectivity index (χ4n) is 3.41. The third-order valence-electron chi connectivity index (χ3n) is 4.87. The standard InChI is InChI=1S/C22H26F2N2O2S/c1-28-13-2-11-25(15-17-3-7-19(23)8-4-17)16-21(27)26-12-14-29-22(26)18-5-9-20(24)10-6-18/h3-10,22H,2,11-16H2,1H3. The first-order valence-corrected chi connectivity index (χ1v) is 10.7. The van der Waals surface area contributed by atoms with E-state index in [9.17, 15) is 13.6 Å². The normalized spacial score (nSPS) is 16.6. The molecule has 1 aliphatic rings. The summed E-state index contributed by atoms with van der Waals surface area (Å²) in [4.78, 5) is 17.0. The number of halogens is 2. The Bertz CT molecular complexity index is 786. The number of hydrogen-bond donors (Lipinski definition) is 0. The molecule has 1 saturated heterocycles. The minimum absolute atomic E-state index is 0.0452. The van der Waals surface area contributed by atoms with E-state index in [1.165, 1.54) is 24.3 Å². The zero-order valence-corrected chi connectivity index (χ0v) is 17.3. The van der Waals surface area contributed by atoms with Gasteiger partial charge in [-0.3, -0.25) is 9.69 Å². The van der Waals surface area contributed by atoms with Gasteiger partial charge in [0.1, 0.15) is 17.0 Å². The highest BCUT2D eigenvalue weighted by Gasteiger charge is 2.31. The largest absolute Gasteiger partial charge is 0.385 e. The number of rotatable bonds is 9. The number of nitrogens with zero attached hydrogens (tertiary/aromatic N) is 2. The van der Waals surface area contributed by atoms with Gasteiger partial charge < -0.3 is 9.64 Å². The number of carbonyl (C=O) groups excluding carboxylic acids is 1. The molecule has 29 heavy (non-hydrogen) atoms. The van der Waals surface area contributed by atoms with Gasteiger partial charge in [0.2, 0.25) is 5.91 Å². The van der Waals surface area contributed by atoms with Gasteiger partial charge in [-0.05, 0) is 41.8 Å². The second kappa shape index (κ2) is 10.7. The summed E-state index contributed by atoms with van der Waals surface area (Å²) in [7, 11) is 1.66. The minimum atomic E-state index is -0.279. The maximum absolute atomic E-state index is 13.3. The average molecular weight is 421 g/mol. The highest BCUT2D eigenvalue weighted by molar-refractivity contribution is 7.99. The number of amides is 1. The third kappa shape index (κ3) is 6.26. The van der Waals surface area contributed by atoms with Crippen molar-refractivity contribution in [3.8, 4) is 0 Å². The molecule has 0 N–H and O–H groups in total. The van der Waals surface area contributed by atoms with Crippen molar-refractivity contribution in [2.24, 2.45) is 0 Å². The summed E-state index contributed by atoms with van der Waals surface area (Å²) < 4.78 is 31.6. The van der Waals surface area contributed by atoms with Crippen molar-refractivity contribution >= 4 is 17.7 Å². The van der Waals surface area contributed by atoms with Crippen molar-refractivity contribution in [3.63, 3.8) is 0 Å². The number of benzene rings is 2. The van der Waals surface area contributed by atoms with Crippen molar-refractivity contribution in [3.05, 3.63) is 71.3 Å². The van der Waals surface area contributed by atoms with Crippen LogP contribution in [0.15, 0.2) is 48.5 Å². The predicted octanol–water partition coefficient (Wildman–Crippen LogP) is 4.08. The van der Waals surface area contributed by atoms with E-state index in [1.807, 2.05) is 4.90 Å². The molecule has 0 bridgehead atoms. The van der Waals surface area contributed by atoms with E-state index in [0.29, 0.717) is 26.2 Å². The van der Waals surface area contributed by atoms with Gasteiger partial charge >= 0.3 is 0 Å². The van der Waals surface area contributed by atoms with E-state index in [1.54, 1.807) is 43.1 Å². The Morgan fingerprint density at radius 2 is 1.79 bits per heavy atom. The van der Waals surface area contributed by atoms with Crippen LogP contribution in [0.2, 0.25) is 0 Å². The van der Waals surface area contributed by atoms with Crippen LogP contribution in [0.5, 0.6) is 0 Å². The fraction of sp³-hybridized carbons (Fsp3) is 0.409. The van der Waals surface area contributed by atoms with Crippen LogP contribution in [0.25, 0.3) is 0 Å². The van der Waals surface area contributed by atoms with Crippen molar-refractivity contribution in [2.45, 2.75) is 18.3 Å². The molecule has 156 valence electrons. The first-order chi connectivity index (χ1) is 14.1. The van der Waals surface area contributed by atoms with Gasteiger partial charge in [0.25, 0.3) is 0 Å². The summed E-state index contributed by atoms with van der Waals surface area (Å²) in [5, 5.41) is -0.0882. The Labute approximate surface area is 174 Å². The lowest BCUT2D eigenvalue weighted by molar-refractivity contribution is -0.132. The van der Waals surface area contributed by atoms with Crippen LogP contribution >= 0.6 is 11.8 Å². The lowest BCUT2D eigenvalue weighted by Gasteiger charge is -2.28. The molecule has 1 amide bonds. The molecule has 1 atom stereocenters. The number of hydrogen-bond acceptors (Lipinski definition) is 4. The van der Waals surface area contributed by atoms with E-state index in [0.717, 1.165) is 23.3 Å². The molecular weight excluding hydrogens is 394 g/mol. The van der Waals surface area contributed by atoms with Crippen LogP contribution in [-0.4, -0.2) is 54.8 Å². The molecule has 0 radical (unpaired) electrons. The summed E-state index contributed by atoms with van der Waals surface area (Å²) in [5.41, 5.74) is 1.90. The highest BCUT2D eigenvalue weighted by Crippen LogP contribution is 2.37. The Kier molecular flexibility index (Phi) is 8.03. The predicted molar refractivity (Wildman–Crippen MR) is 111 cm³/mol. The molecule has 1 aliphatic heterocycles. The first kappa shape index (κ1) is 21.7. The number of methoxy groups -OCH3 is 1. The lowest BCUT2D eigenvalue weighted by Crippen LogP contribution is -2.40. The molecule has 3 rings (SSSR count). The quantitative estimate of drug-likeness (QED) is 0.573. The Morgan fingerprint density at radius 3 is 2.45 bits per heavy atom. The van der Waals surface area contributed by atoms with Crippen LogP contribution in [-0.2, 0) is 16.1 Å². The van der Waals surface area contributed by atoms with E-state index in [2.05, 4.69) is 4.90 Å². The van der Waals surface area contributed by atoms with E-state index in [4.69, 9.17) is 4.74 Å². The molecule has 0 saturated carbocycles. The van der Waals surface area contributed by atoms with Gasteiger partial charge in [-0.2, -0.15) is 0 Å². The van der Waals surface area contributed by atoms with Gasteiger partial charge in [-0.15, -0.1) is 11.8 Å². The second-order valence-electron chi connectivity index (χ2n) is 7.05. The number of thioether (sulfide) groups is 1. The van der Waals surface area contributed by atoms with Gasteiger partial charge in [-0.1, -0.05) is 24.3 Å². The summed E-state index contributed by atoms with van der Waals surface area (Å²) in [6, 6.07) is 12.7. The first-order valence-electron chi connectivity index (χ1n) is 9.69. The molecule has 7 heteroatoms. The molecule has 2 aromatic rings. The van der Waals surface area contributed by atoms with E-state index < -0.39 is 0 Å².